The molecule has 0 bridgehead atoms. The molecule has 0 aliphatic carbocycles. The van der Waals surface area contributed by atoms with Gasteiger partial charge in [-0.25, -0.2) is 13.2 Å². The van der Waals surface area contributed by atoms with Crippen LogP contribution in [0.3, 0.4) is 0 Å². The second kappa shape index (κ2) is 8.88. The normalized spacial score (nSPS) is 11.8. The minimum atomic E-state index is -3.95. The fraction of sp³-hybridized carbons (Fsp3) is 0.333. The maximum absolute atomic E-state index is 14.0. The van der Waals surface area contributed by atoms with E-state index in [-0.39, 0.29) is 18.0 Å². The molecule has 0 spiro atoms. The summed E-state index contributed by atoms with van der Waals surface area (Å²) in [4.78, 5) is 25.0. The van der Waals surface area contributed by atoms with Crippen LogP contribution in [0, 0.1) is 27.7 Å². The quantitative estimate of drug-likeness (QED) is 0.572. The molecule has 32 heavy (non-hydrogen) atoms. The monoisotopic (exact) mass is 455 g/mol. The Morgan fingerprint density at radius 2 is 1.38 bits per heavy atom. The highest BCUT2D eigenvalue weighted by molar-refractivity contribution is 7.89. The molecule has 0 aliphatic rings. The van der Waals surface area contributed by atoms with E-state index in [9.17, 15) is 18.0 Å². The van der Waals surface area contributed by atoms with Crippen molar-refractivity contribution in [3.63, 3.8) is 0 Å². The zero-order chi connectivity index (χ0) is 23.8. The van der Waals surface area contributed by atoms with Gasteiger partial charge in [-0.3, -0.25) is 13.9 Å². The van der Waals surface area contributed by atoms with Gasteiger partial charge in [-0.05, 0) is 55.5 Å². The second-order valence-corrected chi connectivity index (χ2v) is 10.1. The zero-order valence-electron chi connectivity index (χ0n) is 19.3. The van der Waals surface area contributed by atoms with Gasteiger partial charge in [0.05, 0.1) is 11.4 Å². The number of rotatable bonds is 6. The number of aryl methyl sites for hydroxylation is 2. The Morgan fingerprint density at radius 3 is 1.94 bits per heavy atom. The SMILES string of the molecule is Cc1cc(C)c(C)c(S(=O)(=O)N(Cc2ccccc2)Cc2cc(=O)n(C)c(=O)n2C)c1C. The van der Waals surface area contributed by atoms with Crippen molar-refractivity contribution in [1.29, 1.82) is 0 Å². The fourth-order valence-electron chi connectivity index (χ4n) is 3.82. The van der Waals surface area contributed by atoms with Gasteiger partial charge in [0.1, 0.15) is 0 Å². The van der Waals surface area contributed by atoms with E-state index in [1.54, 1.807) is 0 Å². The molecular formula is C24H29N3O4S. The smallest absolute Gasteiger partial charge is 0.299 e. The van der Waals surface area contributed by atoms with Gasteiger partial charge in [0, 0.05) is 32.4 Å². The summed E-state index contributed by atoms with van der Waals surface area (Å²) in [5.41, 5.74) is 3.36. The molecule has 7 nitrogen and oxygen atoms in total. The van der Waals surface area contributed by atoms with Crippen LogP contribution in [0.4, 0.5) is 0 Å². The van der Waals surface area contributed by atoms with Crippen LogP contribution in [0.25, 0.3) is 0 Å². The molecule has 1 aromatic heterocycles. The Bertz CT molecular complexity index is 1360. The lowest BCUT2D eigenvalue weighted by Gasteiger charge is -2.26. The molecule has 8 heteroatoms. The Kier molecular flexibility index (Phi) is 6.57. The largest absolute Gasteiger partial charge is 0.330 e. The molecule has 0 atom stereocenters. The number of hydrogen-bond acceptors (Lipinski definition) is 4. The van der Waals surface area contributed by atoms with Crippen LogP contribution in [0.1, 0.15) is 33.5 Å². The Balaban J connectivity index is 2.21. The first kappa shape index (κ1) is 23.7. The van der Waals surface area contributed by atoms with E-state index < -0.39 is 21.3 Å². The van der Waals surface area contributed by atoms with Gasteiger partial charge in [-0.15, -0.1) is 0 Å². The Labute approximate surface area is 188 Å². The highest BCUT2D eigenvalue weighted by Gasteiger charge is 2.30. The van der Waals surface area contributed by atoms with Crippen molar-refractivity contribution in [3.8, 4) is 0 Å². The first-order valence-corrected chi connectivity index (χ1v) is 11.8. The van der Waals surface area contributed by atoms with Crippen LogP contribution >= 0.6 is 0 Å². The van der Waals surface area contributed by atoms with E-state index in [4.69, 9.17) is 0 Å². The van der Waals surface area contributed by atoms with Gasteiger partial charge < -0.3 is 0 Å². The summed E-state index contributed by atoms with van der Waals surface area (Å²) >= 11 is 0. The van der Waals surface area contributed by atoms with E-state index in [0.29, 0.717) is 16.8 Å². The van der Waals surface area contributed by atoms with Crippen LogP contribution in [0.2, 0.25) is 0 Å². The van der Waals surface area contributed by atoms with Crippen LogP contribution < -0.4 is 11.2 Å². The van der Waals surface area contributed by atoms with Gasteiger partial charge in [0.15, 0.2) is 0 Å². The lowest BCUT2D eigenvalue weighted by molar-refractivity contribution is 0.387. The van der Waals surface area contributed by atoms with Crippen LogP contribution in [-0.2, 0) is 37.2 Å². The molecule has 2 aromatic carbocycles. The van der Waals surface area contributed by atoms with E-state index in [2.05, 4.69) is 0 Å². The third kappa shape index (κ3) is 4.33. The maximum Gasteiger partial charge on any atom is 0.330 e. The maximum atomic E-state index is 14.0. The standard InChI is InChI=1S/C24H29N3O4S/c1-16-12-17(2)19(4)23(18(16)3)32(30,31)27(14-20-10-8-7-9-11-20)15-21-13-22(28)26(6)24(29)25(21)5/h7-13H,14-15H2,1-6H3. The van der Waals surface area contributed by atoms with Gasteiger partial charge in [0.25, 0.3) is 5.56 Å². The third-order valence-electron chi connectivity index (χ3n) is 6.06. The predicted molar refractivity (Wildman–Crippen MR) is 125 cm³/mol. The lowest BCUT2D eigenvalue weighted by atomic mass is 10.0. The van der Waals surface area contributed by atoms with Gasteiger partial charge in [0.2, 0.25) is 10.0 Å². The van der Waals surface area contributed by atoms with Crippen molar-refractivity contribution in [2.75, 3.05) is 0 Å². The average molecular weight is 456 g/mol. The molecule has 0 amide bonds. The van der Waals surface area contributed by atoms with Crippen LogP contribution in [0.5, 0.6) is 0 Å². The minimum Gasteiger partial charge on any atom is -0.299 e. The van der Waals surface area contributed by atoms with Crippen LogP contribution in [0.15, 0.2) is 56.9 Å². The number of hydrogen-bond donors (Lipinski definition) is 0. The first-order valence-electron chi connectivity index (χ1n) is 10.3. The van der Waals surface area contributed by atoms with Gasteiger partial charge >= 0.3 is 5.69 Å². The minimum absolute atomic E-state index is 0.106. The fourth-order valence-corrected chi connectivity index (χ4v) is 5.80. The number of aromatic nitrogens is 2. The van der Waals surface area contributed by atoms with Crippen molar-refractivity contribution < 1.29 is 8.42 Å². The molecule has 0 aliphatic heterocycles. The molecular weight excluding hydrogens is 426 g/mol. The molecule has 1 heterocycles. The summed E-state index contributed by atoms with van der Waals surface area (Å²) in [6, 6.07) is 12.6. The zero-order valence-corrected chi connectivity index (χ0v) is 20.2. The van der Waals surface area contributed by atoms with Crippen molar-refractivity contribution >= 4 is 10.0 Å². The van der Waals surface area contributed by atoms with Crippen molar-refractivity contribution in [1.82, 2.24) is 13.4 Å². The first-order chi connectivity index (χ1) is 14.9. The van der Waals surface area contributed by atoms with E-state index in [1.807, 2.05) is 64.1 Å². The van der Waals surface area contributed by atoms with E-state index in [0.717, 1.165) is 21.3 Å². The van der Waals surface area contributed by atoms with E-state index in [1.165, 1.54) is 29.0 Å². The summed E-state index contributed by atoms with van der Waals surface area (Å²) in [6.07, 6.45) is 0. The molecule has 170 valence electrons. The number of sulfonamides is 1. The Morgan fingerprint density at radius 1 is 0.812 bits per heavy atom. The van der Waals surface area contributed by atoms with E-state index >= 15 is 0 Å². The molecule has 0 fully saturated rings. The average Bonchev–Trinajstić information content (AvgIpc) is 2.74. The predicted octanol–water partition coefficient (Wildman–Crippen LogP) is 2.71. The molecule has 0 saturated heterocycles. The highest BCUT2D eigenvalue weighted by Crippen LogP contribution is 2.30. The topological polar surface area (TPSA) is 81.4 Å². The van der Waals surface area contributed by atoms with Gasteiger partial charge in [-0.2, -0.15) is 4.31 Å². The number of nitrogens with zero attached hydrogens (tertiary/aromatic N) is 3. The van der Waals surface area contributed by atoms with Crippen molar-refractivity contribution in [3.05, 3.63) is 96.8 Å². The van der Waals surface area contributed by atoms with Crippen molar-refractivity contribution in [2.24, 2.45) is 14.1 Å². The molecule has 0 radical (unpaired) electrons. The lowest BCUT2D eigenvalue weighted by Crippen LogP contribution is -2.40. The molecule has 3 aromatic rings. The molecule has 0 unspecified atom stereocenters. The molecule has 3 rings (SSSR count). The van der Waals surface area contributed by atoms with Gasteiger partial charge in [-0.1, -0.05) is 36.4 Å². The number of benzene rings is 2. The third-order valence-corrected chi connectivity index (χ3v) is 8.13. The molecule has 0 N–H and O–H groups in total. The van der Waals surface area contributed by atoms with Crippen molar-refractivity contribution in [2.45, 2.75) is 45.7 Å². The summed E-state index contributed by atoms with van der Waals surface area (Å²) in [6.45, 7) is 7.41. The molecule has 0 saturated carbocycles. The summed E-state index contributed by atoms with van der Waals surface area (Å²) in [5.74, 6) is 0. The van der Waals surface area contributed by atoms with Crippen LogP contribution in [-0.4, -0.2) is 21.9 Å². The second-order valence-electron chi connectivity index (χ2n) is 8.22. The summed E-state index contributed by atoms with van der Waals surface area (Å²) < 4.78 is 31.6. The Hall–Kier alpha value is -2.97. The summed E-state index contributed by atoms with van der Waals surface area (Å²) in [5, 5.41) is 0. The summed E-state index contributed by atoms with van der Waals surface area (Å²) in [7, 11) is -1.01. The highest BCUT2D eigenvalue weighted by atomic mass is 32.2.